The van der Waals surface area contributed by atoms with Crippen LogP contribution >= 0.6 is 23.2 Å². The summed E-state index contributed by atoms with van der Waals surface area (Å²) in [4.78, 5) is 18.8. The van der Waals surface area contributed by atoms with Crippen LogP contribution in [-0.4, -0.2) is 74.8 Å². The number of nitrogens with zero attached hydrogens (tertiary/aromatic N) is 8. The van der Waals surface area contributed by atoms with Crippen LogP contribution in [0.3, 0.4) is 0 Å². The predicted octanol–water partition coefficient (Wildman–Crippen LogP) is 5.75. The molecule has 0 amide bonds. The standard InChI is InChI=1S/C35H38Cl2FN9O3/c1-3-24(2)47-34(48)45(23-42-47)27-7-5-26(6-8-27)43-14-16-44(17-15-43)28-9-11-33(32(38)19-28)39-20-29-21-49-35(50-29,22-46-40-12-13-41-46)30-10-4-25(36)18-31(30)37/h4-13,18-19,23-24,29,39H,3,14-17,20-22H2,1-2H3. The van der Waals surface area contributed by atoms with Crippen molar-refractivity contribution in [2.45, 2.75) is 44.7 Å². The minimum atomic E-state index is -1.24. The second-order valence-corrected chi connectivity index (χ2v) is 13.4. The Balaban J connectivity index is 0.947. The van der Waals surface area contributed by atoms with Crippen molar-refractivity contribution in [3.8, 4) is 5.69 Å². The highest BCUT2D eigenvalue weighted by molar-refractivity contribution is 6.35. The third kappa shape index (κ3) is 6.95. The van der Waals surface area contributed by atoms with Gasteiger partial charge in [0.2, 0.25) is 5.79 Å². The van der Waals surface area contributed by atoms with Crippen molar-refractivity contribution in [1.82, 2.24) is 29.3 Å². The van der Waals surface area contributed by atoms with E-state index in [-0.39, 0.29) is 30.7 Å². The summed E-state index contributed by atoms with van der Waals surface area (Å²) in [6, 6.07) is 18.4. The Morgan fingerprint density at radius 3 is 2.30 bits per heavy atom. The molecule has 15 heteroatoms. The largest absolute Gasteiger partial charge is 0.380 e. The van der Waals surface area contributed by atoms with Crippen molar-refractivity contribution in [3.63, 3.8) is 0 Å². The Labute approximate surface area is 298 Å². The van der Waals surface area contributed by atoms with Gasteiger partial charge in [0.05, 0.1) is 41.4 Å². The van der Waals surface area contributed by atoms with Crippen molar-refractivity contribution < 1.29 is 13.9 Å². The molecule has 50 heavy (non-hydrogen) atoms. The molecule has 2 aromatic heterocycles. The van der Waals surface area contributed by atoms with Crippen LogP contribution in [0.1, 0.15) is 31.9 Å². The maximum Gasteiger partial charge on any atom is 0.350 e. The molecule has 262 valence electrons. The summed E-state index contributed by atoms with van der Waals surface area (Å²) in [6.07, 6.45) is 5.16. The first kappa shape index (κ1) is 34.0. The fraction of sp³-hybridized carbons (Fsp3) is 0.371. The summed E-state index contributed by atoms with van der Waals surface area (Å²) in [5.41, 5.74) is 3.52. The molecule has 7 rings (SSSR count). The second kappa shape index (κ2) is 14.4. The van der Waals surface area contributed by atoms with Crippen molar-refractivity contribution in [1.29, 1.82) is 0 Å². The monoisotopic (exact) mass is 721 g/mol. The maximum absolute atomic E-state index is 15.4. The Bertz CT molecular complexity index is 1980. The summed E-state index contributed by atoms with van der Waals surface area (Å²) in [5.74, 6) is -1.59. The van der Waals surface area contributed by atoms with Crippen molar-refractivity contribution in [2.24, 2.45) is 0 Å². The van der Waals surface area contributed by atoms with Gasteiger partial charge in [0.25, 0.3) is 0 Å². The first-order chi connectivity index (χ1) is 24.2. The molecule has 5 aromatic rings. The van der Waals surface area contributed by atoms with E-state index in [4.69, 9.17) is 32.7 Å². The lowest BCUT2D eigenvalue weighted by molar-refractivity contribution is -0.189. The van der Waals surface area contributed by atoms with E-state index in [0.717, 1.165) is 49.7 Å². The normalized spacial score (nSPS) is 20.0. The number of hydrogen-bond donors (Lipinski definition) is 1. The van der Waals surface area contributed by atoms with Crippen LogP contribution in [0.4, 0.5) is 21.5 Å². The number of rotatable bonds is 11. The molecule has 2 aliphatic heterocycles. The van der Waals surface area contributed by atoms with E-state index < -0.39 is 11.9 Å². The van der Waals surface area contributed by atoms with Crippen LogP contribution in [0.25, 0.3) is 5.69 Å². The van der Waals surface area contributed by atoms with Crippen LogP contribution in [0.15, 0.2) is 84.2 Å². The van der Waals surface area contributed by atoms with Gasteiger partial charge in [-0.05, 0) is 67.9 Å². The Kier molecular flexibility index (Phi) is 9.82. The highest BCUT2D eigenvalue weighted by atomic mass is 35.5. The molecule has 2 aliphatic rings. The SMILES string of the molecule is CCC(C)n1ncn(-c2ccc(N3CCN(c4ccc(NCC5COC(Cn6nccn6)(c6ccc(Cl)cc6Cl)O5)c(F)c4)CC3)cc2)c1=O. The number of halogens is 3. The molecule has 4 heterocycles. The molecular weight excluding hydrogens is 684 g/mol. The van der Waals surface area contributed by atoms with Gasteiger partial charge >= 0.3 is 5.69 Å². The van der Waals surface area contributed by atoms with Crippen LogP contribution < -0.4 is 20.8 Å². The summed E-state index contributed by atoms with van der Waals surface area (Å²) < 4.78 is 31.1. The maximum atomic E-state index is 15.4. The minimum Gasteiger partial charge on any atom is -0.380 e. The van der Waals surface area contributed by atoms with Gasteiger partial charge in [0, 0.05) is 54.7 Å². The molecule has 1 N–H and O–H groups in total. The smallest absolute Gasteiger partial charge is 0.350 e. The van der Waals surface area contributed by atoms with E-state index in [2.05, 4.69) is 30.4 Å². The van der Waals surface area contributed by atoms with Crippen LogP contribution in [-0.2, 0) is 21.8 Å². The topological polar surface area (TPSA) is 108 Å². The van der Waals surface area contributed by atoms with Gasteiger partial charge in [-0.15, -0.1) is 0 Å². The molecule has 0 bridgehead atoms. The van der Waals surface area contributed by atoms with Crippen LogP contribution in [0.5, 0.6) is 0 Å². The number of piperazine rings is 1. The zero-order valence-corrected chi connectivity index (χ0v) is 29.3. The average Bonchev–Trinajstić information content (AvgIpc) is 3.89. The molecule has 3 atom stereocenters. The predicted molar refractivity (Wildman–Crippen MR) is 191 cm³/mol. The molecule has 0 saturated carbocycles. The van der Waals surface area contributed by atoms with Crippen molar-refractivity contribution >= 4 is 40.3 Å². The molecule has 0 aliphatic carbocycles. The van der Waals surface area contributed by atoms with E-state index in [9.17, 15) is 4.79 Å². The number of aromatic nitrogens is 6. The first-order valence-electron chi connectivity index (χ1n) is 16.6. The summed E-state index contributed by atoms with van der Waals surface area (Å²) in [5, 5.41) is 16.8. The summed E-state index contributed by atoms with van der Waals surface area (Å²) >= 11 is 12.7. The van der Waals surface area contributed by atoms with Crippen molar-refractivity contribution in [3.05, 3.63) is 111 Å². The fourth-order valence-electron chi connectivity index (χ4n) is 6.37. The van der Waals surface area contributed by atoms with Gasteiger partial charge < -0.3 is 24.6 Å². The lowest BCUT2D eigenvalue weighted by atomic mass is 10.1. The lowest BCUT2D eigenvalue weighted by Crippen LogP contribution is -2.46. The van der Waals surface area contributed by atoms with E-state index in [0.29, 0.717) is 27.8 Å². The first-order valence-corrected chi connectivity index (χ1v) is 17.4. The van der Waals surface area contributed by atoms with Crippen LogP contribution in [0, 0.1) is 5.82 Å². The second-order valence-electron chi connectivity index (χ2n) is 12.5. The van der Waals surface area contributed by atoms with Gasteiger partial charge in [-0.3, -0.25) is 0 Å². The summed E-state index contributed by atoms with van der Waals surface area (Å²) in [7, 11) is 0. The number of ether oxygens (including phenoxy) is 2. The Morgan fingerprint density at radius 2 is 1.62 bits per heavy atom. The minimum absolute atomic E-state index is 0.0432. The Morgan fingerprint density at radius 1 is 0.940 bits per heavy atom. The van der Waals surface area contributed by atoms with E-state index in [1.807, 2.05) is 44.2 Å². The third-order valence-corrected chi connectivity index (χ3v) is 9.88. The van der Waals surface area contributed by atoms with Gasteiger partial charge in [-0.1, -0.05) is 36.2 Å². The van der Waals surface area contributed by atoms with Gasteiger partial charge in [-0.25, -0.2) is 18.4 Å². The Hall–Kier alpha value is -4.43. The van der Waals surface area contributed by atoms with Crippen LogP contribution in [0.2, 0.25) is 10.0 Å². The molecular formula is C35H38Cl2FN9O3. The van der Waals surface area contributed by atoms with E-state index >= 15 is 4.39 Å². The number of anilines is 3. The van der Waals surface area contributed by atoms with Gasteiger partial charge in [-0.2, -0.15) is 20.1 Å². The average molecular weight is 723 g/mol. The molecule has 2 fully saturated rings. The highest BCUT2D eigenvalue weighted by Crippen LogP contribution is 2.40. The summed E-state index contributed by atoms with van der Waals surface area (Å²) in [6.45, 7) is 7.78. The highest BCUT2D eigenvalue weighted by Gasteiger charge is 2.45. The van der Waals surface area contributed by atoms with E-state index in [1.165, 1.54) is 9.48 Å². The molecule has 0 radical (unpaired) electrons. The fourth-order valence-corrected chi connectivity index (χ4v) is 6.92. The molecule has 12 nitrogen and oxygen atoms in total. The van der Waals surface area contributed by atoms with Gasteiger partial charge in [0.1, 0.15) is 24.8 Å². The molecule has 3 aromatic carbocycles. The van der Waals surface area contributed by atoms with E-state index in [1.54, 1.807) is 53.6 Å². The molecule has 3 unspecified atom stereocenters. The van der Waals surface area contributed by atoms with Gasteiger partial charge in [0.15, 0.2) is 0 Å². The zero-order chi connectivity index (χ0) is 34.8. The number of hydrogen-bond acceptors (Lipinski definition) is 9. The quantitative estimate of drug-likeness (QED) is 0.183. The molecule has 0 spiro atoms. The molecule has 2 saturated heterocycles. The van der Waals surface area contributed by atoms with Crippen molar-refractivity contribution in [2.75, 3.05) is 54.4 Å². The lowest BCUT2D eigenvalue weighted by Gasteiger charge is -2.37. The number of benzene rings is 3. The zero-order valence-electron chi connectivity index (χ0n) is 27.8. The number of nitrogens with one attached hydrogen (secondary N) is 1. The third-order valence-electron chi connectivity index (χ3n) is 9.33.